The van der Waals surface area contributed by atoms with Crippen LogP contribution in [0.15, 0.2) is 66.7 Å². The second-order valence-corrected chi connectivity index (χ2v) is 7.82. The summed E-state index contributed by atoms with van der Waals surface area (Å²) in [6, 6.07) is 20.0. The highest BCUT2D eigenvalue weighted by Gasteiger charge is 2.37. The van der Waals surface area contributed by atoms with E-state index in [2.05, 4.69) is 10.9 Å². The van der Waals surface area contributed by atoms with E-state index >= 15 is 0 Å². The third-order valence-electron chi connectivity index (χ3n) is 5.29. The van der Waals surface area contributed by atoms with E-state index in [0.29, 0.717) is 23.1 Å². The molecule has 4 rings (SSSR count). The molecule has 0 aromatic heterocycles. The fourth-order valence-electron chi connectivity index (χ4n) is 3.58. The molecule has 0 bridgehead atoms. The Hall–Kier alpha value is -2.93. The summed E-state index contributed by atoms with van der Waals surface area (Å²) >= 11 is 6.18. The van der Waals surface area contributed by atoms with Crippen LogP contribution in [0.5, 0.6) is 23.0 Å². The first-order valence-electron chi connectivity index (χ1n) is 10.1. The largest absolute Gasteiger partial charge is 0.507 e. The normalized spacial score (nSPS) is 20.4. The van der Waals surface area contributed by atoms with Crippen molar-refractivity contribution < 1.29 is 19.3 Å². The van der Waals surface area contributed by atoms with Crippen molar-refractivity contribution in [1.82, 2.24) is 10.9 Å². The minimum absolute atomic E-state index is 0.0201. The molecule has 3 N–H and O–H groups in total. The van der Waals surface area contributed by atoms with Crippen LogP contribution in [-0.4, -0.2) is 24.4 Å². The molecule has 0 radical (unpaired) electrons. The van der Waals surface area contributed by atoms with Crippen LogP contribution in [0.25, 0.3) is 0 Å². The molecule has 0 amide bonds. The van der Waals surface area contributed by atoms with Gasteiger partial charge in [-0.25, -0.2) is 5.43 Å². The average Bonchev–Trinajstić information content (AvgIpc) is 3.13. The molecule has 0 saturated carbocycles. The first-order valence-corrected chi connectivity index (χ1v) is 10.4. The quantitative estimate of drug-likeness (QED) is 0.498. The van der Waals surface area contributed by atoms with Gasteiger partial charge in [0.2, 0.25) is 0 Å². The molecule has 7 heteroatoms. The summed E-state index contributed by atoms with van der Waals surface area (Å²) in [5.74, 6) is 2.11. The number of methoxy groups -OCH3 is 1. The number of ether oxygens (including phenoxy) is 3. The maximum absolute atomic E-state index is 10.7. The van der Waals surface area contributed by atoms with E-state index < -0.39 is 0 Å². The van der Waals surface area contributed by atoms with E-state index in [1.165, 1.54) is 0 Å². The topological polar surface area (TPSA) is 72.0 Å². The highest BCUT2D eigenvalue weighted by molar-refractivity contribution is 6.31. The monoisotopic (exact) mass is 440 g/mol. The zero-order chi connectivity index (χ0) is 21.8. The van der Waals surface area contributed by atoms with Gasteiger partial charge in [0.05, 0.1) is 19.2 Å². The molecule has 1 fully saturated rings. The Morgan fingerprint density at radius 1 is 0.935 bits per heavy atom. The first kappa shape index (κ1) is 21.3. The van der Waals surface area contributed by atoms with Gasteiger partial charge in [0.25, 0.3) is 0 Å². The van der Waals surface area contributed by atoms with Gasteiger partial charge >= 0.3 is 0 Å². The summed E-state index contributed by atoms with van der Waals surface area (Å²) in [6.07, 6.45) is -0.243. The molecule has 3 aromatic carbocycles. The van der Waals surface area contributed by atoms with E-state index in [4.69, 9.17) is 25.8 Å². The van der Waals surface area contributed by atoms with Crippen molar-refractivity contribution in [2.45, 2.75) is 31.7 Å². The summed E-state index contributed by atoms with van der Waals surface area (Å²) in [7, 11) is 1.62. The molecule has 1 heterocycles. The standard InChI is InChI=1S/C24H25ClN2O4/c1-15-24(31-19-8-5-7-17(12-19)29-2)23(27-26-15)20-11-10-18(13-22(20)28)30-14-16-6-3-4-9-21(16)25/h3-13,15,23-24,26-28H,14H2,1-2H3. The Balaban J connectivity index is 1.49. The zero-order valence-corrected chi connectivity index (χ0v) is 18.1. The van der Waals surface area contributed by atoms with E-state index in [1.54, 1.807) is 13.2 Å². The number of phenolic OH excluding ortho intramolecular Hbond substituents is 1. The Morgan fingerprint density at radius 3 is 2.52 bits per heavy atom. The van der Waals surface area contributed by atoms with E-state index in [9.17, 15) is 5.11 Å². The lowest BCUT2D eigenvalue weighted by molar-refractivity contribution is 0.170. The van der Waals surface area contributed by atoms with Gasteiger partial charge < -0.3 is 19.3 Å². The van der Waals surface area contributed by atoms with Gasteiger partial charge in [-0.2, -0.15) is 0 Å². The number of nitrogens with one attached hydrogen (secondary N) is 2. The molecule has 6 nitrogen and oxygen atoms in total. The molecular formula is C24H25ClN2O4. The Morgan fingerprint density at radius 2 is 1.74 bits per heavy atom. The molecule has 0 aliphatic carbocycles. The summed E-state index contributed by atoms with van der Waals surface area (Å²) in [5.41, 5.74) is 8.02. The molecule has 162 valence electrons. The molecule has 31 heavy (non-hydrogen) atoms. The maximum atomic E-state index is 10.7. The van der Waals surface area contributed by atoms with Gasteiger partial charge in [-0.05, 0) is 37.3 Å². The van der Waals surface area contributed by atoms with Crippen molar-refractivity contribution >= 4 is 11.6 Å². The minimum Gasteiger partial charge on any atom is -0.507 e. The van der Waals surface area contributed by atoms with Crippen molar-refractivity contribution in [2.75, 3.05) is 7.11 Å². The van der Waals surface area contributed by atoms with Crippen LogP contribution in [0.1, 0.15) is 24.1 Å². The number of hydrogen-bond acceptors (Lipinski definition) is 6. The molecule has 1 saturated heterocycles. The highest BCUT2D eigenvalue weighted by atomic mass is 35.5. The number of rotatable bonds is 7. The minimum atomic E-state index is -0.251. The molecule has 0 spiro atoms. The van der Waals surface area contributed by atoms with Gasteiger partial charge in [-0.1, -0.05) is 35.9 Å². The van der Waals surface area contributed by atoms with Gasteiger partial charge in [0.1, 0.15) is 35.7 Å². The number of halogens is 1. The van der Waals surface area contributed by atoms with Crippen LogP contribution in [0.3, 0.4) is 0 Å². The number of benzene rings is 3. The zero-order valence-electron chi connectivity index (χ0n) is 17.3. The Labute approximate surface area is 186 Å². The fraction of sp³-hybridized carbons (Fsp3) is 0.250. The SMILES string of the molecule is COc1cccc(OC2C(C)NNC2c2ccc(OCc3ccccc3Cl)cc2O)c1. The van der Waals surface area contributed by atoms with Crippen molar-refractivity contribution in [3.63, 3.8) is 0 Å². The lowest BCUT2D eigenvalue weighted by Gasteiger charge is -2.24. The van der Waals surface area contributed by atoms with E-state index in [0.717, 1.165) is 16.9 Å². The lowest BCUT2D eigenvalue weighted by atomic mass is 9.98. The van der Waals surface area contributed by atoms with Gasteiger partial charge in [-0.3, -0.25) is 5.43 Å². The number of hydrazine groups is 1. The molecule has 1 aliphatic heterocycles. The highest BCUT2D eigenvalue weighted by Crippen LogP contribution is 2.35. The van der Waals surface area contributed by atoms with Crippen LogP contribution in [-0.2, 0) is 6.61 Å². The van der Waals surface area contributed by atoms with Crippen LogP contribution < -0.4 is 25.1 Å². The third-order valence-corrected chi connectivity index (χ3v) is 5.66. The van der Waals surface area contributed by atoms with Crippen molar-refractivity contribution in [2.24, 2.45) is 0 Å². The van der Waals surface area contributed by atoms with Crippen molar-refractivity contribution in [1.29, 1.82) is 0 Å². The van der Waals surface area contributed by atoms with Crippen LogP contribution >= 0.6 is 11.6 Å². The van der Waals surface area contributed by atoms with E-state index in [1.807, 2.05) is 67.6 Å². The second kappa shape index (κ2) is 9.47. The Kier molecular flexibility index (Phi) is 6.51. The predicted molar refractivity (Wildman–Crippen MR) is 120 cm³/mol. The number of hydrogen-bond donors (Lipinski definition) is 3. The van der Waals surface area contributed by atoms with Crippen LogP contribution in [0.2, 0.25) is 5.02 Å². The maximum Gasteiger partial charge on any atom is 0.136 e. The smallest absolute Gasteiger partial charge is 0.136 e. The summed E-state index contributed by atoms with van der Waals surface area (Å²) in [6.45, 7) is 2.34. The number of phenols is 1. The van der Waals surface area contributed by atoms with Crippen molar-refractivity contribution in [3.8, 4) is 23.0 Å². The third kappa shape index (κ3) is 4.88. The van der Waals surface area contributed by atoms with Gasteiger partial charge in [0.15, 0.2) is 0 Å². The molecular weight excluding hydrogens is 416 g/mol. The van der Waals surface area contributed by atoms with E-state index in [-0.39, 0.29) is 23.9 Å². The van der Waals surface area contributed by atoms with Crippen molar-refractivity contribution in [3.05, 3.63) is 82.9 Å². The van der Waals surface area contributed by atoms with Crippen LogP contribution in [0.4, 0.5) is 0 Å². The fourth-order valence-corrected chi connectivity index (χ4v) is 3.77. The summed E-state index contributed by atoms with van der Waals surface area (Å²) < 4.78 is 17.3. The van der Waals surface area contributed by atoms with Gasteiger partial charge in [0, 0.05) is 28.3 Å². The molecule has 1 aliphatic rings. The first-order chi connectivity index (χ1) is 15.0. The summed E-state index contributed by atoms with van der Waals surface area (Å²) in [5, 5.41) is 11.4. The predicted octanol–water partition coefficient (Wildman–Crippen LogP) is 4.62. The number of aromatic hydroxyl groups is 1. The second-order valence-electron chi connectivity index (χ2n) is 7.42. The Bertz CT molecular complexity index is 1050. The molecule has 3 atom stereocenters. The molecule has 3 aromatic rings. The molecule has 3 unspecified atom stereocenters. The van der Waals surface area contributed by atoms with Crippen LogP contribution in [0, 0.1) is 0 Å². The average molecular weight is 441 g/mol. The summed E-state index contributed by atoms with van der Waals surface area (Å²) in [4.78, 5) is 0. The van der Waals surface area contributed by atoms with Gasteiger partial charge in [-0.15, -0.1) is 0 Å². The lowest BCUT2D eigenvalue weighted by Crippen LogP contribution is -2.33.